The number of carboxylic acids is 1. The van der Waals surface area contributed by atoms with Gasteiger partial charge < -0.3 is 15.2 Å². The number of nitrogens with zero attached hydrogens (tertiary/aromatic N) is 2. The fourth-order valence-electron chi connectivity index (χ4n) is 2.51. The van der Waals surface area contributed by atoms with Crippen molar-refractivity contribution in [1.29, 1.82) is 0 Å². The Morgan fingerprint density at radius 3 is 3.11 bits per heavy atom. The molecule has 0 saturated heterocycles. The first-order chi connectivity index (χ1) is 8.66. The highest BCUT2D eigenvalue weighted by molar-refractivity contribution is 5.92. The lowest BCUT2D eigenvalue weighted by molar-refractivity contribution is 0.0691. The summed E-state index contributed by atoms with van der Waals surface area (Å²) >= 11 is 0. The second-order valence-corrected chi connectivity index (χ2v) is 4.84. The SMILES string of the molecule is COCC1(C2CC2)C=Cn2cnc(C(=O)O)c2N1. The molecule has 1 aliphatic heterocycles. The minimum absolute atomic E-state index is 0.0560. The predicted molar refractivity (Wildman–Crippen MR) is 65.5 cm³/mol. The zero-order valence-electron chi connectivity index (χ0n) is 10.1. The summed E-state index contributed by atoms with van der Waals surface area (Å²) in [7, 11) is 1.66. The molecule has 2 aliphatic rings. The summed E-state index contributed by atoms with van der Waals surface area (Å²) in [5, 5.41) is 12.4. The van der Waals surface area contributed by atoms with Crippen LogP contribution in [0.1, 0.15) is 23.3 Å². The highest BCUT2D eigenvalue weighted by Crippen LogP contribution is 2.44. The first-order valence-electron chi connectivity index (χ1n) is 5.93. The maximum absolute atomic E-state index is 11.1. The summed E-state index contributed by atoms with van der Waals surface area (Å²) in [6, 6.07) is 0. The molecule has 0 bridgehead atoms. The maximum Gasteiger partial charge on any atom is 0.358 e. The zero-order valence-corrected chi connectivity index (χ0v) is 10.1. The smallest absolute Gasteiger partial charge is 0.358 e. The number of methoxy groups -OCH3 is 1. The molecule has 1 aromatic heterocycles. The minimum Gasteiger partial charge on any atom is -0.476 e. The average molecular weight is 249 g/mol. The van der Waals surface area contributed by atoms with E-state index >= 15 is 0 Å². The highest BCUT2D eigenvalue weighted by atomic mass is 16.5. The summed E-state index contributed by atoms with van der Waals surface area (Å²) in [6.45, 7) is 0.526. The Kier molecular flexibility index (Phi) is 2.41. The van der Waals surface area contributed by atoms with Gasteiger partial charge in [0.25, 0.3) is 0 Å². The number of aromatic nitrogens is 2. The quantitative estimate of drug-likeness (QED) is 0.840. The molecule has 3 rings (SSSR count). The minimum atomic E-state index is -1.02. The van der Waals surface area contributed by atoms with Gasteiger partial charge in [0.15, 0.2) is 5.69 Å². The number of fused-ring (bicyclic) bond motifs is 1. The number of imidazole rings is 1. The largest absolute Gasteiger partial charge is 0.476 e. The monoisotopic (exact) mass is 249 g/mol. The molecule has 1 unspecified atom stereocenters. The van der Waals surface area contributed by atoms with Crippen molar-refractivity contribution in [3.8, 4) is 0 Å². The lowest BCUT2D eigenvalue weighted by Crippen LogP contribution is -2.45. The molecule has 6 nitrogen and oxygen atoms in total. The van der Waals surface area contributed by atoms with Crippen LogP contribution in [0.3, 0.4) is 0 Å². The molecular formula is C12H15N3O3. The number of hydrogen-bond donors (Lipinski definition) is 2. The van der Waals surface area contributed by atoms with Crippen molar-refractivity contribution in [3.05, 3.63) is 18.1 Å². The van der Waals surface area contributed by atoms with E-state index in [1.165, 1.54) is 6.33 Å². The molecule has 0 aromatic carbocycles. The fraction of sp³-hybridized carbons (Fsp3) is 0.500. The van der Waals surface area contributed by atoms with Crippen LogP contribution in [0.25, 0.3) is 6.20 Å². The Morgan fingerprint density at radius 2 is 2.50 bits per heavy atom. The van der Waals surface area contributed by atoms with Crippen molar-refractivity contribution in [2.24, 2.45) is 5.92 Å². The molecule has 1 aromatic rings. The van der Waals surface area contributed by atoms with Gasteiger partial charge in [0.1, 0.15) is 12.1 Å². The molecule has 1 saturated carbocycles. The molecule has 6 heteroatoms. The van der Waals surface area contributed by atoms with Gasteiger partial charge in [0, 0.05) is 13.3 Å². The third-order valence-corrected chi connectivity index (χ3v) is 3.57. The molecule has 96 valence electrons. The number of carbonyl (C=O) groups is 1. The van der Waals surface area contributed by atoms with Crippen LogP contribution < -0.4 is 5.32 Å². The van der Waals surface area contributed by atoms with Crippen LogP contribution in [0.5, 0.6) is 0 Å². The van der Waals surface area contributed by atoms with Gasteiger partial charge in [-0.05, 0) is 24.8 Å². The second kappa shape index (κ2) is 3.84. The van der Waals surface area contributed by atoms with E-state index in [0.29, 0.717) is 18.3 Å². The van der Waals surface area contributed by atoms with Crippen LogP contribution in [-0.4, -0.2) is 39.9 Å². The first-order valence-corrected chi connectivity index (χ1v) is 5.93. The number of anilines is 1. The number of nitrogens with one attached hydrogen (secondary N) is 1. The van der Waals surface area contributed by atoms with E-state index < -0.39 is 5.97 Å². The van der Waals surface area contributed by atoms with Crippen LogP contribution in [0, 0.1) is 5.92 Å². The summed E-state index contributed by atoms with van der Waals surface area (Å²) in [4.78, 5) is 15.0. The third kappa shape index (κ3) is 1.60. The van der Waals surface area contributed by atoms with Crippen molar-refractivity contribution in [3.63, 3.8) is 0 Å². The van der Waals surface area contributed by atoms with Crippen molar-refractivity contribution in [2.45, 2.75) is 18.4 Å². The predicted octanol–water partition coefficient (Wildman–Crippen LogP) is 1.27. The van der Waals surface area contributed by atoms with Crippen LogP contribution in [0.15, 0.2) is 12.4 Å². The molecule has 2 N–H and O–H groups in total. The van der Waals surface area contributed by atoms with Crippen molar-refractivity contribution >= 4 is 18.0 Å². The number of aromatic carboxylic acids is 1. The molecule has 18 heavy (non-hydrogen) atoms. The maximum atomic E-state index is 11.1. The van der Waals surface area contributed by atoms with Gasteiger partial charge >= 0.3 is 5.97 Å². The van der Waals surface area contributed by atoms with E-state index in [0.717, 1.165) is 12.8 Å². The number of ether oxygens (including phenoxy) is 1. The van der Waals surface area contributed by atoms with Gasteiger partial charge in [0.2, 0.25) is 0 Å². The highest BCUT2D eigenvalue weighted by Gasteiger charge is 2.46. The number of rotatable bonds is 4. The summed E-state index contributed by atoms with van der Waals surface area (Å²) < 4.78 is 6.98. The zero-order chi connectivity index (χ0) is 12.8. The fourth-order valence-corrected chi connectivity index (χ4v) is 2.51. The molecule has 0 amide bonds. The normalized spacial score (nSPS) is 25.6. The number of carboxylic acid groups (broad SMARTS) is 1. The molecular weight excluding hydrogens is 234 g/mol. The molecule has 1 fully saturated rings. The average Bonchev–Trinajstić information content (AvgIpc) is 3.10. The van der Waals surface area contributed by atoms with E-state index in [1.54, 1.807) is 11.7 Å². The van der Waals surface area contributed by atoms with Crippen LogP contribution >= 0.6 is 0 Å². The molecule has 0 radical (unpaired) electrons. The van der Waals surface area contributed by atoms with Gasteiger partial charge in [-0.3, -0.25) is 4.57 Å². The second-order valence-electron chi connectivity index (χ2n) is 4.84. The van der Waals surface area contributed by atoms with E-state index in [1.807, 2.05) is 6.20 Å². The van der Waals surface area contributed by atoms with E-state index in [-0.39, 0.29) is 11.2 Å². The topological polar surface area (TPSA) is 76.4 Å². The molecule has 0 spiro atoms. The van der Waals surface area contributed by atoms with Gasteiger partial charge in [-0.25, -0.2) is 9.78 Å². The van der Waals surface area contributed by atoms with Crippen LogP contribution in [0.4, 0.5) is 5.82 Å². The molecule has 1 aliphatic carbocycles. The van der Waals surface area contributed by atoms with E-state index in [4.69, 9.17) is 9.84 Å². The Balaban J connectivity index is 1.99. The Hall–Kier alpha value is -1.82. The van der Waals surface area contributed by atoms with Crippen molar-refractivity contribution in [1.82, 2.24) is 9.55 Å². The van der Waals surface area contributed by atoms with Crippen molar-refractivity contribution < 1.29 is 14.6 Å². The molecule has 2 heterocycles. The third-order valence-electron chi connectivity index (χ3n) is 3.57. The van der Waals surface area contributed by atoms with Crippen LogP contribution in [0.2, 0.25) is 0 Å². The number of hydrogen-bond acceptors (Lipinski definition) is 4. The van der Waals surface area contributed by atoms with Gasteiger partial charge in [0.05, 0.1) is 12.1 Å². The Bertz CT molecular complexity index is 519. The lowest BCUT2D eigenvalue weighted by Gasteiger charge is -2.35. The van der Waals surface area contributed by atoms with Crippen LogP contribution in [-0.2, 0) is 4.74 Å². The van der Waals surface area contributed by atoms with Gasteiger partial charge in [-0.1, -0.05) is 0 Å². The standard InChI is InChI=1S/C12H15N3O3/c1-18-6-12(8-2-3-8)4-5-15-7-13-9(11(16)17)10(15)14-12/h4-5,7-8,14H,2-3,6H2,1H3,(H,16,17). The first kappa shape index (κ1) is 11.3. The Labute approximate surface area is 104 Å². The van der Waals surface area contributed by atoms with E-state index in [9.17, 15) is 4.79 Å². The summed E-state index contributed by atoms with van der Waals surface area (Å²) in [5.74, 6) is 0.0154. The van der Waals surface area contributed by atoms with Crippen molar-refractivity contribution in [2.75, 3.05) is 19.0 Å². The van der Waals surface area contributed by atoms with Gasteiger partial charge in [-0.15, -0.1) is 0 Å². The van der Waals surface area contributed by atoms with E-state index in [2.05, 4.69) is 16.4 Å². The summed E-state index contributed by atoms with van der Waals surface area (Å²) in [5.41, 5.74) is -0.241. The molecule has 1 atom stereocenters. The summed E-state index contributed by atoms with van der Waals surface area (Å²) in [6.07, 6.45) is 7.69. The lowest BCUT2D eigenvalue weighted by atomic mass is 9.93. The van der Waals surface area contributed by atoms with Gasteiger partial charge in [-0.2, -0.15) is 0 Å². The Morgan fingerprint density at radius 1 is 1.72 bits per heavy atom.